The zero-order valence-electron chi connectivity index (χ0n) is 9.43. The Hall–Kier alpha value is -2.02. The number of likely N-dealkylation sites (N-methyl/N-ethyl adjacent to an activating group) is 1. The fourth-order valence-corrected chi connectivity index (χ4v) is 1.06. The van der Waals surface area contributed by atoms with Gasteiger partial charge in [0.1, 0.15) is 5.75 Å². The minimum atomic E-state index is -0.0631. The van der Waals surface area contributed by atoms with E-state index in [9.17, 15) is 4.79 Å². The maximum atomic E-state index is 11.4. The molecule has 0 aliphatic rings. The molecule has 1 aromatic carbocycles. The van der Waals surface area contributed by atoms with Gasteiger partial charge in [-0.05, 0) is 31.2 Å². The van der Waals surface area contributed by atoms with E-state index in [1.807, 2.05) is 13.0 Å². The largest absolute Gasteiger partial charge is 0.484 e. The molecule has 84 valence electrons. The first-order chi connectivity index (χ1) is 7.67. The molecule has 1 rings (SSSR count). The fraction of sp³-hybridized carbons (Fsp3) is 0.333. The van der Waals surface area contributed by atoms with Gasteiger partial charge in [0.2, 0.25) is 0 Å². The van der Waals surface area contributed by atoms with Crippen LogP contribution in [0.5, 0.6) is 5.75 Å². The van der Waals surface area contributed by atoms with Gasteiger partial charge in [-0.2, -0.15) is 5.26 Å². The summed E-state index contributed by atoms with van der Waals surface area (Å²) in [4.78, 5) is 13.0. The van der Waals surface area contributed by atoms with Gasteiger partial charge in [-0.25, -0.2) is 0 Å². The second kappa shape index (κ2) is 5.76. The normalized spacial score (nSPS) is 9.31. The van der Waals surface area contributed by atoms with Crippen molar-refractivity contribution in [3.63, 3.8) is 0 Å². The van der Waals surface area contributed by atoms with Crippen LogP contribution in [0.3, 0.4) is 0 Å². The molecule has 0 aromatic heterocycles. The van der Waals surface area contributed by atoms with Gasteiger partial charge in [-0.1, -0.05) is 0 Å². The first-order valence-electron chi connectivity index (χ1n) is 5.04. The van der Waals surface area contributed by atoms with Gasteiger partial charge in [-0.3, -0.25) is 4.79 Å². The Labute approximate surface area is 95.0 Å². The Bertz CT molecular complexity index is 392. The molecule has 0 saturated carbocycles. The van der Waals surface area contributed by atoms with E-state index in [1.54, 1.807) is 36.2 Å². The third-order valence-electron chi connectivity index (χ3n) is 2.25. The SMILES string of the molecule is CCN(C)C(=O)COc1ccc(C#N)cc1. The zero-order valence-corrected chi connectivity index (χ0v) is 9.43. The number of carbonyl (C=O) groups is 1. The highest BCUT2D eigenvalue weighted by atomic mass is 16.5. The molecular weight excluding hydrogens is 204 g/mol. The summed E-state index contributed by atoms with van der Waals surface area (Å²) < 4.78 is 5.29. The van der Waals surface area contributed by atoms with E-state index in [2.05, 4.69) is 0 Å². The smallest absolute Gasteiger partial charge is 0.260 e. The molecule has 16 heavy (non-hydrogen) atoms. The van der Waals surface area contributed by atoms with Gasteiger partial charge in [0.05, 0.1) is 11.6 Å². The van der Waals surface area contributed by atoms with Crippen molar-refractivity contribution >= 4 is 5.91 Å². The number of ether oxygens (including phenoxy) is 1. The lowest BCUT2D eigenvalue weighted by molar-refractivity contribution is -0.131. The minimum absolute atomic E-state index is 0.0240. The van der Waals surface area contributed by atoms with Gasteiger partial charge < -0.3 is 9.64 Å². The summed E-state index contributed by atoms with van der Waals surface area (Å²) in [6.07, 6.45) is 0. The van der Waals surface area contributed by atoms with E-state index >= 15 is 0 Å². The molecule has 0 heterocycles. The molecular formula is C12H14N2O2. The summed E-state index contributed by atoms with van der Waals surface area (Å²) in [6, 6.07) is 8.68. The molecule has 0 spiro atoms. The van der Waals surface area contributed by atoms with Crippen molar-refractivity contribution in [2.75, 3.05) is 20.2 Å². The Kier molecular flexibility index (Phi) is 4.34. The first kappa shape index (κ1) is 12.1. The lowest BCUT2D eigenvalue weighted by Crippen LogP contribution is -2.31. The number of nitrogens with zero attached hydrogens (tertiary/aromatic N) is 2. The van der Waals surface area contributed by atoms with Crippen LogP contribution in [0.25, 0.3) is 0 Å². The Balaban J connectivity index is 2.49. The van der Waals surface area contributed by atoms with Crippen molar-refractivity contribution in [2.24, 2.45) is 0 Å². The highest BCUT2D eigenvalue weighted by molar-refractivity contribution is 5.77. The van der Waals surface area contributed by atoms with E-state index in [-0.39, 0.29) is 12.5 Å². The standard InChI is InChI=1S/C12H14N2O2/c1-3-14(2)12(15)9-16-11-6-4-10(8-13)5-7-11/h4-7H,3,9H2,1-2H3. The second-order valence-corrected chi connectivity index (χ2v) is 3.33. The molecule has 4 nitrogen and oxygen atoms in total. The molecule has 0 saturated heterocycles. The Morgan fingerprint density at radius 1 is 1.44 bits per heavy atom. The summed E-state index contributed by atoms with van der Waals surface area (Å²) in [5, 5.41) is 8.60. The van der Waals surface area contributed by atoms with Crippen molar-refractivity contribution < 1.29 is 9.53 Å². The topological polar surface area (TPSA) is 53.3 Å². The summed E-state index contributed by atoms with van der Waals surface area (Å²) >= 11 is 0. The van der Waals surface area contributed by atoms with Crippen LogP contribution in [-0.2, 0) is 4.79 Å². The molecule has 4 heteroatoms. The lowest BCUT2D eigenvalue weighted by Gasteiger charge is -2.14. The van der Waals surface area contributed by atoms with E-state index in [4.69, 9.17) is 10.00 Å². The maximum absolute atomic E-state index is 11.4. The zero-order chi connectivity index (χ0) is 12.0. The molecule has 0 bridgehead atoms. The van der Waals surface area contributed by atoms with E-state index in [1.165, 1.54) is 0 Å². The highest BCUT2D eigenvalue weighted by Crippen LogP contribution is 2.11. The van der Waals surface area contributed by atoms with Crippen LogP contribution in [-0.4, -0.2) is 31.0 Å². The van der Waals surface area contributed by atoms with Crippen molar-refractivity contribution in [1.29, 1.82) is 5.26 Å². The second-order valence-electron chi connectivity index (χ2n) is 3.33. The molecule has 1 amide bonds. The number of hydrogen-bond donors (Lipinski definition) is 0. The van der Waals surface area contributed by atoms with Crippen LogP contribution >= 0.6 is 0 Å². The maximum Gasteiger partial charge on any atom is 0.260 e. The predicted molar refractivity (Wildman–Crippen MR) is 60.0 cm³/mol. The molecule has 0 N–H and O–H groups in total. The van der Waals surface area contributed by atoms with Crippen molar-refractivity contribution in [1.82, 2.24) is 4.90 Å². The van der Waals surface area contributed by atoms with Crippen LogP contribution < -0.4 is 4.74 Å². The van der Waals surface area contributed by atoms with Crippen LogP contribution in [0.15, 0.2) is 24.3 Å². The molecule has 0 unspecified atom stereocenters. The summed E-state index contributed by atoms with van der Waals surface area (Å²) in [5.74, 6) is 0.531. The lowest BCUT2D eigenvalue weighted by atomic mass is 10.2. The van der Waals surface area contributed by atoms with E-state index in [0.717, 1.165) is 0 Å². The third-order valence-corrected chi connectivity index (χ3v) is 2.25. The third kappa shape index (κ3) is 3.28. The summed E-state index contributed by atoms with van der Waals surface area (Å²) in [7, 11) is 1.73. The number of hydrogen-bond acceptors (Lipinski definition) is 3. The summed E-state index contributed by atoms with van der Waals surface area (Å²) in [6.45, 7) is 2.59. The van der Waals surface area contributed by atoms with Gasteiger partial charge in [-0.15, -0.1) is 0 Å². The number of carbonyl (C=O) groups excluding carboxylic acids is 1. The van der Waals surface area contributed by atoms with Crippen LogP contribution in [0.4, 0.5) is 0 Å². The van der Waals surface area contributed by atoms with Gasteiger partial charge in [0.15, 0.2) is 6.61 Å². The van der Waals surface area contributed by atoms with Crippen molar-refractivity contribution in [3.05, 3.63) is 29.8 Å². The fourth-order valence-electron chi connectivity index (χ4n) is 1.06. The number of amides is 1. The molecule has 0 radical (unpaired) electrons. The monoisotopic (exact) mass is 218 g/mol. The van der Waals surface area contributed by atoms with Crippen LogP contribution in [0.1, 0.15) is 12.5 Å². The molecule has 0 aliphatic carbocycles. The first-order valence-corrected chi connectivity index (χ1v) is 5.04. The Morgan fingerprint density at radius 3 is 2.56 bits per heavy atom. The van der Waals surface area contributed by atoms with E-state index in [0.29, 0.717) is 17.9 Å². The molecule has 0 atom stereocenters. The van der Waals surface area contributed by atoms with E-state index < -0.39 is 0 Å². The average Bonchev–Trinajstić information content (AvgIpc) is 2.35. The Morgan fingerprint density at radius 2 is 2.06 bits per heavy atom. The predicted octanol–water partition coefficient (Wildman–Crippen LogP) is 1.42. The van der Waals surface area contributed by atoms with Gasteiger partial charge >= 0.3 is 0 Å². The number of benzene rings is 1. The van der Waals surface area contributed by atoms with Crippen LogP contribution in [0, 0.1) is 11.3 Å². The molecule has 0 fully saturated rings. The number of nitriles is 1. The van der Waals surface area contributed by atoms with Crippen molar-refractivity contribution in [3.8, 4) is 11.8 Å². The van der Waals surface area contributed by atoms with Gasteiger partial charge in [0, 0.05) is 13.6 Å². The average molecular weight is 218 g/mol. The van der Waals surface area contributed by atoms with Crippen LogP contribution in [0.2, 0.25) is 0 Å². The summed E-state index contributed by atoms with van der Waals surface area (Å²) in [5.41, 5.74) is 0.573. The van der Waals surface area contributed by atoms with Gasteiger partial charge in [0.25, 0.3) is 5.91 Å². The highest BCUT2D eigenvalue weighted by Gasteiger charge is 2.06. The molecule has 1 aromatic rings. The minimum Gasteiger partial charge on any atom is -0.484 e. The number of rotatable bonds is 4. The molecule has 0 aliphatic heterocycles. The van der Waals surface area contributed by atoms with Crippen molar-refractivity contribution in [2.45, 2.75) is 6.92 Å². The quantitative estimate of drug-likeness (QED) is 0.767.